The standard InChI is InChI=1S/C9H20N2O2/c1-5-11(4)8(13)10-9(2,3)6-7-12/h12H,5-7H2,1-4H3,(H,10,13). The van der Waals surface area contributed by atoms with E-state index in [1.807, 2.05) is 20.8 Å². The maximum atomic E-state index is 11.4. The summed E-state index contributed by atoms with van der Waals surface area (Å²) in [5, 5.41) is 11.6. The third-order valence-electron chi connectivity index (χ3n) is 2.00. The number of hydrogen-bond donors (Lipinski definition) is 2. The van der Waals surface area contributed by atoms with Crippen LogP contribution in [0.5, 0.6) is 0 Å². The van der Waals surface area contributed by atoms with Crippen molar-refractivity contribution < 1.29 is 9.90 Å². The van der Waals surface area contributed by atoms with Gasteiger partial charge >= 0.3 is 6.03 Å². The van der Waals surface area contributed by atoms with Gasteiger partial charge in [-0.05, 0) is 27.2 Å². The molecule has 0 heterocycles. The number of aliphatic hydroxyl groups is 1. The summed E-state index contributed by atoms with van der Waals surface area (Å²) in [7, 11) is 1.74. The molecule has 0 aliphatic heterocycles. The number of nitrogens with one attached hydrogen (secondary N) is 1. The second-order valence-corrected chi connectivity index (χ2v) is 3.80. The summed E-state index contributed by atoms with van der Waals surface area (Å²) in [5.74, 6) is 0. The third kappa shape index (κ3) is 4.72. The highest BCUT2D eigenvalue weighted by atomic mass is 16.3. The minimum atomic E-state index is -0.338. The molecule has 0 atom stereocenters. The molecule has 0 saturated carbocycles. The van der Waals surface area contributed by atoms with Gasteiger partial charge in [-0.1, -0.05) is 0 Å². The molecule has 2 N–H and O–H groups in total. The highest BCUT2D eigenvalue weighted by Gasteiger charge is 2.20. The predicted octanol–water partition coefficient (Wildman–Crippen LogP) is 0.809. The lowest BCUT2D eigenvalue weighted by atomic mass is 10.0. The summed E-state index contributed by atoms with van der Waals surface area (Å²) in [5.41, 5.74) is -0.338. The highest BCUT2D eigenvalue weighted by Crippen LogP contribution is 2.07. The smallest absolute Gasteiger partial charge is 0.317 e. The first kappa shape index (κ1) is 12.2. The summed E-state index contributed by atoms with van der Waals surface area (Å²) in [6.07, 6.45) is 0.566. The average Bonchev–Trinajstić information content (AvgIpc) is 2.01. The van der Waals surface area contributed by atoms with Crippen LogP contribution in [0.1, 0.15) is 27.2 Å². The van der Waals surface area contributed by atoms with E-state index < -0.39 is 0 Å². The van der Waals surface area contributed by atoms with Gasteiger partial charge in [0.15, 0.2) is 0 Å². The Morgan fingerprint density at radius 2 is 2.08 bits per heavy atom. The van der Waals surface area contributed by atoms with Crippen molar-refractivity contribution in [2.75, 3.05) is 20.2 Å². The average molecular weight is 188 g/mol. The van der Waals surface area contributed by atoms with Crippen LogP contribution in [0.15, 0.2) is 0 Å². The number of nitrogens with zero attached hydrogens (tertiary/aromatic N) is 1. The molecule has 0 saturated heterocycles. The van der Waals surface area contributed by atoms with E-state index in [-0.39, 0.29) is 18.2 Å². The second-order valence-electron chi connectivity index (χ2n) is 3.80. The third-order valence-corrected chi connectivity index (χ3v) is 2.00. The van der Waals surface area contributed by atoms with E-state index in [9.17, 15) is 4.79 Å². The molecule has 0 radical (unpaired) electrons. The van der Waals surface area contributed by atoms with Gasteiger partial charge in [0.1, 0.15) is 0 Å². The fraction of sp³-hybridized carbons (Fsp3) is 0.889. The fourth-order valence-corrected chi connectivity index (χ4v) is 0.871. The van der Waals surface area contributed by atoms with Crippen LogP contribution in [0.2, 0.25) is 0 Å². The lowest BCUT2D eigenvalue weighted by Gasteiger charge is -2.28. The van der Waals surface area contributed by atoms with Gasteiger partial charge in [-0.15, -0.1) is 0 Å². The summed E-state index contributed by atoms with van der Waals surface area (Å²) < 4.78 is 0. The highest BCUT2D eigenvalue weighted by molar-refractivity contribution is 5.74. The van der Waals surface area contributed by atoms with Gasteiger partial charge in [-0.3, -0.25) is 0 Å². The normalized spacial score (nSPS) is 11.2. The number of aliphatic hydroxyl groups excluding tert-OH is 1. The zero-order chi connectivity index (χ0) is 10.5. The predicted molar refractivity (Wildman–Crippen MR) is 52.6 cm³/mol. The molecule has 0 rings (SSSR count). The van der Waals surface area contributed by atoms with Gasteiger partial charge in [0.2, 0.25) is 0 Å². The van der Waals surface area contributed by atoms with Gasteiger partial charge in [-0.25, -0.2) is 4.79 Å². The lowest BCUT2D eigenvalue weighted by molar-refractivity contribution is 0.187. The molecule has 0 fully saturated rings. The van der Waals surface area contributed by atoms with E-state index in [0.717, 1.165) is 0 Å². The summed E-state index contributed by atoms with van der Waals surface area (Å²) in [6, 6.07) is -0.0963. The Bertz CT molecular complexity index is 169. The van der Waals surface area contributed by atoms with Crippen LogP contribution in [-0.4, -0.2) is 41.8 Å². The Hall–Kier alpha value is -0.770. The van der Waals surface area contributed by atoms with Crippen LogP contribution in [0, 0.1) is 0 Å². The first-order valence-electron chi connectivity index (χ1n) is 4.57. The molecule has 0 spiro atoms. The first-order valence-corrected chi connectivity index (χ1v) is 4.57. The number of rotatable bonds is 4. The molecule has 0 unspecified atom stereocenters. The summed E-state index contributed by atoms with van der Waals surface area (Å²) in [4.78, 5) is 13.0. The van der Waals surface area contributed by atoms with Crippen LogP contribution >= 0.6 is 0 Å². The van der Waals surface area contributed by atoms with E-state index in [1.165, 1.54) is 0 Å². The largest absolute Gasteiger partial charge is 0.396 e. The Labute approximate surface area is 79.9 Å². The molecule has 4 nitrogen and oxygen atoms in total. The summed E-state index contributed by atoms with van der Waals surface area (Å²) >= 11 is 0. The molecule has 0 aliphatic carbocycles. The van der Waals surface area contributed by atoms with E-state index in [0.29, 0.717) is 13.0 Å². The zero-order valence-electron chi connectivity index (χ0n) is 8.92. The zero-order valence-corrected chi connectivity index (χ0v) is 8.92. The Kier molecular flexibility index (Phi) is 4.77. The van der Waals surface area contributed by atoms with Gasteiger partial charge in [0.05, 0.1) is 0 Å². The molecule has 78 valence electrons. The number of urea groups is 1. The number of carbonyl (C=O) groups is 1. The molecular weight excluding hydrogens is 168 g/mol. The van der Waals surface area contributed by atoms with E-state index in [1.54, 1.807) is 11.9 Å². The van der Waals surface area contributed by atoms with E-state index in [2.05, 4.69) is 5.32 Å². The molecule has 0 aromatic rings. The molecule has 0 aromatic heterocycles. The van der Waals surface area contributed by atoms with Crippen LogP contribution in [0.4, 0.5) is 4.79 Å². The SMILES string of the molecule is CCN(C)C(=O)NC(C)(C)CCO. The molecule has 0 bridgehead atoms. The van der Waals surface area contributed by atoms with Gasteiger partial charge in [0, 0.05) is 25.7 Å². The molecular formula is C9H20N2O2. The minimum Gasteiger partial charge on any atom is -0.396 e. The monoisotopic (exact) mass is 188 g/mol. The van der Waals surface area contributed by atoms with Crippen molar-refractivity contribution in [1.29, 1.82) is 0 Å². The quantitative estimate of drug-likeness (QED) is 0.686. The Morgan fingerprint density at radius 3 is 2.46 bits per heavy atom. The van der Waals surface area contributed by atoms with Crippen molar-refractivity contribution in [2.24, 2.45) is 0 Å². The van der Waals surface area contributed by atoms with Crippen molar-refractivity contribution in [3.05, 3.63) is 0 Å². The minimum absolute atomic E-state index is 0.0864. The maximum absolute atomic E-state index is 11.4. The fourth-order valence-electron chi connectivity index (χ4n) is 0.871. The van der Waals surface area contributed by atoms with Gasteiger partial charge in [-0.2, -0.15) is 0 Å². The Morgan fingerprint density at radius 1 is 1.54 bits per heavy atom. The van der Waals surface area contributed by atoms with Crippen LogP contribution in [-0.2, 0) is 0 Å². The van der Waals surface area contributed by atoms with Gasteiger partial charge in [0.25, 0.3) is 0 Å². The van der Waals surface area contributed by atoms with E-state index in [4.69, 9.17) is 5.11 Å². The van der Waals surface area contributed by atoms with Gasteiger partial charge < -0.3 is 15.3 Å². The van der Waals surface area contributed by atoms with Crippen molar-refractivity contribution >= 4 is 6.03 Å². The molecule has 2 amide bonds. The van der Waals surface area contributed by atoms with Crippen molar-refractivity contribution in [3.8, 4) is 0 Å². The molecule has 0 aromatic carbocycles. The van der Waals surface area contributed by atoms with Crippen LogP contribution in [0.3, 0.4) is 0 Å². The Balaban J connectivity index is 4.03. The van der Waals surface area contributed by atoms with Crippen molar-refractivity contribution in [3.63, 3.8) is 0 Å². The lowest BCUT2D eigenvalue weighted by Crippen LogP contribution is -2.49. The van der Waals surface area contributed by atoms with Crippen molar-refractivity contribution in [2.45, 2.75) is 32.7 Å². The molecule has 13 heavy (non-hydrogen) atoms. The first-order chi connectivity index (χ1) is 5.93. The molecule has 4 heteroatoms. The molecule has 0 aliphatic rings. The van der Waals surface area contributed by atoms with Crippen LogP contribution in [0.25, 0.3) is 0 Å². The number of carbonyl (C=O) groups excluding carboxylic acids is 1. The maximum Gasteiger partial charge on any atom is 0.317 e. The number of amides is 2. The van der Waals surface area contributed by atoms with E-state index >= 15 is 0 Å². The second kappa shape index (κ2) is 5.07. The topological polar surface area (TPSA) is 52.6 Å². The summed E-state index contributed by atoms with van der Waals surface area (Å²) in [6.45, 7) is 6.47. The number of hydrogen-bond acceptors (Lipinski definition) is 2. The van der Waals surface area contributed by atoms with Crippen LogP contribution < -0.4 is 5.32 Å². The van der Waals surface area contributed by atoms with Crippen molar-refractivity contribution in [1.82, 2.24) is 10.2 Å².